The number of nitrogens with zero attached hydrogens (tertiary/aromatic N) is 1. The van der Waals surface area contributed by atoms with E-state index >= 15 is 0 Å². The molecular weight excluding hydrogens is 264 g/mol. The fourth-order valence-electron chi connectivity index (χ4n) is 2.32. The number of methoxy groups -OCH3 is 1. The summed E-state index contributed by atoms with van der Waals surface area (Å²) in [4.78, 5) is 16.9. The molecule has 2 aromatic carbocycles. The second-order valence-electron chi connectivity index (χ2n) is 4.68. The number of ether oxygens (including phenoxy) is 1. The first kappa shape index (κ1) is 13.1. The lowest BCUT2D eigenvalue weighted by molar-refractivity contribution is 0.104. The third-order valence-electron chi connectivity index (χ3n) is 3.43. The third kappa shape index (κ3) is 2.31. The van der Waals surface area contributed by atoms with Crippen molar-refractivity contribution in [2.24, 2.45) is 0 Å². The lowest BCUT2D eigenvalue weighted by Crippen LogP contribution is -2.06. The Kier molecular flexibility index (Phi) is 3.28. The SMILES string of the molecule is COc1ccc(N)c(C(=O)c2cccc3ccncc23)c1. The van der Waals surface area contributed by atoms with Crippen LogP contribution in [-0.2, 0) is 0 Å². The highest BCUT2D eigenvalue weighted by atomic mass is 16.5. The largest absolute Gasteiger partial charge is 0.497 e. The zero-order valence-electron chi connectivity index (χ0n) is 11.5. The Morgan fingerprint density at radius 1 is 1.14 bits per heavy atom. The van der Waals surface area contributed by atoms with Crippen LogP contribution in [0.5, 0.6) is 5.75 Å². The first-order chi connectivity index (χ1) is 10.2. The number of pyridine rings is 1. The van der Waals surface area contributed by atoms with Gasteiger partial charge in [0.15, 0.2) is 5.78 Å². The second-order valence-corrected chi connectivity index (χ2v) is 4.68. The van der Waals surface area contributed by atoms with Gasteiger partial charge in [-0.15, -0.1) is 0 Å². The van der Waals surface area contributed by atoms with Crippen molar-refractivity contribution < 1.29 is 9.53 Å². The molecule has 104 valence electrons. The smallest absolute Gasteiger partial charge is 0.195 e. The molecule has 0 saturated heterocycles. The number of benzene rings is 2. The molecule has 0 aliphatic heterocycles. The Labute approximate surface area is 122 Å². The number of nitrogens with two attached hydrogens (primary N) is 1. The van der Waals surface area contributed by atoms with E-state index in [-0.39, 0.29) is 5.78 Å². The Bertz CT molecular complexity index is 823. The Hall–Kier alpha value is -2.88. The molecule has 21 heavy (non-hydrogen) atoms. The Morgan fingerprint density at radius 2 is 2.00 bits per heavy atom. The molecule has 0 amide bonds. The lowest BCUT2D eigenvalue weighted by atomic mass is 9.97. The fourth-order valence-corrected chi connectivity index (χ4v) is 2.32. The van der Waals surface area contributed by atoms with E-state index in [1.807, 2.05) is 18.2 Å². The number of rotatable bonds is 3. The normalized spacial score (nSPS) is 10.5. The van der Waals surface area contributed by atoms with Crippen molar-refractivity contribution in [1.82, 2.24) is 4.98 Å². The molecular formula is C17H14N2O2. The van der Waals surface area contributed by atoms with Gasteiger partial charge in [0.1, 0.15) is 5.75 Å². The van der Waals surface area contributed by atoms with Gasteiger partial charge in [0, 0.05) is 34.6 Å². The topological polar surface area (TPSA) is 65.2 Å². The molecule has 0 radical (unpaired) electrons. The number of ketones is 1. The zero-order chi connectivity index (χ0) is 14.8. The summed E-state index contributed by atoms with van der Waals surface area (Å²) in [7, 11) is 1.56. The summed E-state index contributed by atoms with van der Waals surface area (Å²) in [5, 5.41) is 1.78. The van der Waals surface area contributed by atoms with Gasteiger partial charge in [0.2, 0.25) is 0 Å². The molecule has 0 aliphatic carbocycles. The first-order valence-electron chi connectivity index (χ1n) is 6.51. The van der Waals surface area contributed by atoms with Crippen LogP contribution in [0.25, 0.3) is 10.8 Å². The number of aromatic nitrogens is 1. The standard InChI is InChI=1S/C17H14N2O2/c1-21-12-5-6-16(18)14(9-12)17(20)13-4-2-3-11-7-8-19-10-15(11)13/h2-10H,18H2,1H3. The second kappa shape index (κ2) is 5.25. The predicted molar refractivity (Wildman–Crippen MR) is 82.6 cm³/mol. The molecule has 1 aromatic heterocycles. The van der Waals surface area contributed by atoms with E-state index in [1.54, 1.807) is 43.8 Å². The first-order valence-corrected chi connectivity index (χ1v) is 6.51. The quantitative estimate of drug-likeness (QED) is 0.590. The van der Waals surface area contributed by atoms with Gasteiger partial charge in [-0.3, -0.25) is 9.78 Å². The summed E-state index contributed by atoms with van der Waals surface area (Å²) in [6.45, 7) is 0. The molecule has 0 unspecified atom stereocenters. The monoisotopic (exact) mass is 278 g/mol. The van der Waals surface area contributed by atoms with Crippen molar-refractivity contribution in [3.63, 3.8) is 0 Å². The molecule has 1 heterocycles. The summed E-state index contributed by atoms with van der Waals surface area (Å²) < 4.78 is 5.16. The molecule has 0 fully saturated rings. The van der Waals surface area contributed by atoms with Crippen molar-refractivity contribution in [3.05, 3.63) is 66.0 Å². The molecule has 0 spiro atoms. The van der Waals surface area contributed by atoms with Crippen molar-refractivity contribution in [3.8, 4) is 5.75 Å². The van der Waals surface area contributed by atoms with Crippen molar-refractivity contribution in [1.29, 1.82) is 0 Å². The third-order valence-corrected chi connectivity index (χ3v) is 3.43. The highest BCUT2D eigenvalue weighted by molar-refractivity contribution is 6.18. The summed E-state index contributed by atoms with van der Waals surface area (Å²) in [6, 6.07) is 12.5. The van der Waals surface area contributed by atoms with Crippen molar-refractivity contribution >= 4 is 22.2 Å². The number of nitrogen functional groups attached to an aromatic ring is 1. The van der Waals surface area contributed by atoms with E-state index in [4.69, 9.17) is 10.5 Å². The number of fused-ring (bicyclic) bond motifs is 1. The van der Waals surface area contributed by atoms with Crippen LogP contribution in [0.4, 0.5) is 5.69 Å². The van der Waals surface area contributed by atoms with Crippen LogP contribution < -0.4 is 10.5 Å². The van der Waals surface area contributed by atoms with Crippen molar-refractivity contribution in [2.45, 2.75) is 0 Å². The number of carbonyl (C=O) groups excluding carboxylic acids is 1. The Balaban J connectivity index is 2.17. The average Bonchev–Trinajstić information content (AvgIpc) is 2.54. The lowest BCUT2D eigenvalue weighted by Gasteiger charge is -2.09. The molecule has 4 nitrogen and oxygen atoms in total. The zero-order valence-corrected chi connectivity index (χ0v) is 11.5. The number of anilines is 1. The summed E-state index contributed by atoms with van der Waals surface area (Å²) >= 11 is 0. The molecule has 4 heteroatoms. The van der Waals surface area contributed by atoms with Crippen LogP contribution in [0.1, 0.15) is 15.9 Å². The van der Waals surface area contributed by atoms with Crippen LogP contribution in [-0.4, -0.2) is 17.9 Å². The van der Waals surface area contributed by atoms with Gasteiger partial charge in [-0.2, -0.15) is 0 Å². The average molecular weight is 278 g/mol. The van der Waals surface area contributed by atoms with E-state index in [0.29, 0.717) is 22.6 Å². The van der Waals surface area contributed by atoms with Gasteiger partial charge in [-0.25, -0.2) is 0 Å². The van der Waals surface area contributed by atoms with E-state index in [1.165, 1.54) is 0 Å². The summed E-state index contributed by atoms with van der Waals surface area (Å²) in [5.74, 6) is 0.468. The van der Waals surface area contributed by atoms with Crippen molar-refractivity contribution in [2.75, 3.05) is 12.8 Å². The molecule has 2 N–H and O–H groups in total. The van der Waals surface area contributed by atoms with E-state index in [9.17, 15) is 4.79 Å². The highest BCUT2D eigenvalue weighted by Gasteiger charge is 2.16. The maximum atomic E-state index is 12.8. The number of hydrogen-bond donors (Lipinski definition) is 1. The van der Waals surface area contributed by atoms with E-state index in [2.05, 4.69) is 4.98 Å². The molecule has 3 rings (SSSR count). The summed E-state index contributed by atoms with van der Waals surface area (Å²) in [6.07, 6.45) is 3.40. The minimum absolute atomic E-state index is 0.134. The minimum Gasteiger partial charge on any atom is -0.497 e. The van der Waals surface area contributed by atoms with Crippen LogP contribution in [0, 0.1) is 0 Å². The molecule has 0 aliphatic rings. The predicted octanol–water partition coefficient (Wildman–Crippen LogP) is 3.06. The van der Waals surface area contributed by atoms with E-state index in [0.717, 1.165) is 10.8 Å². The number of hydrogen-bond acceptors (Lipinski definition) is 4. The van der Waals surface area contributed by atoms with Gasteiger partial charge >= 0.3 is 0 Å². The van der Waals surface area contributed by atoms with Crippen LogP contribution in [0.2, 0.25) is 0 Å². The minimum atomic E-state index is -0.134. The molecule has 0 atom stereocenters. The molecule has 3 aromatic rings. The summed E-state index contributed by atoms with van der Waals surface area (Å²) in [5.41, 5.74) is 7.39. The van der Waals surface area contributed by atoms with Gasteiger partial charge in [0.05, 0.1) is 7.11 Å². The van der Waals surface area contributed by atoms with Gasteiger partial charge < -0.3 is 10.5 Å². The van der Waals surface area contributed by atoms with Crippen LogP contribution in [0.15, 0.2) is 54.9 Å². The van der Waals surface area contributed by atoms with Crippen LogP contribution >= 0.6 is 0 Å². The molecule has 0 bridgehead atoms. The van der Waals surface area contributed by atoms with Gasteiger partial charge in [-0.05, 0) is 29.7 Å². The van der Waals surface area contributed by atoms with E-state index < -0.39 is 0 Å². The molecule has 0 saturated carbocycles. The number of carbonyl (C=O) groups is 1. The van der Waals surface area contributed by atoms with Crippen LogP contribution in [0.3, 0.4) is 0 Å². The van der Waals surface area contributed by atoms with Gasteiger partial charge in [0.25, 0.3) is 0 Å². The highest BCUT2D eigenvalue weighted by Crippen LogP contribution is 2.25. The maximum absolute atomic E-state index is 12.8. The maximum Gasteiger partial charge on any atom is 0.195 e. The Morgan fingerprint density at radius 3 is 2.81 bits per heavy atom. The fraction of sp³-hybridized carbons (Fsp3) is 0.0588. The van der Waals surface area contributed by atoms with Gasteiger partial charge in [-0.1, -0.05) is 18.2 Å².